The zero-order valence-electron chi connectivity index (χ0n) is 10.7. The van der Waals surface area contributed by atoms with Crippen LogP contribution in [-0.4, -0.2) is 30.6 Å². The van der Waals surface area contributed by atoms with Crippen molar-refractivity contribution in [2.75, 3.05) is 19.6 Å². The Bertz CT molecular complexity index is 378. The molecule has 1 N–H and O–H groups in total. The van der Waals surface area contributed by atoms with E-state index in [2.05, 4.69) is 17.1 Å². The largest absolute Gasteiger partial charge is 0.311 e. The molecule has 0 radical (unpaired) electrons. The van der Waals surface area contributed by atoms with E-state index in [0.717, 1.165) is 31.7 Å². The van der Waals surface area contributed by atoms with Gasteiger partial charge in [0, 0.05) is 32.2 Å². The molecule has 1 aliphatic heterocycles. The van der Waals surface area contributed by atoms with E-state index in [1.54, 1.807) is 12.1 Å². The summed E-state index contributed by atoms with van der Waals surface area (Å²) in [5.41, 5.74) is 2.29. The summed E-state index contributed by atoms with van der Waals surface area (Å²) in [5, 5.41) is 3.51. The zero-order valence-corrected chi connectivity index (χ0v) is 10.7. The Morgan fingerprint density at radius 3 is 3.00 bits per heavy atom. The Morgan fingerprint density at radius 2 is 2.29 bits per heavy atom. The Hall–Kier alpha value is -0.930. The Labute approximate surface area is 103 Å². The van der Waals surface area contributed by atoms with Gasteiger partial charge in [-0.05, 0) is 36.6 Å². The molecule has 94 valence electrons. The summed E-state index contributed by atoms with van der Waals surface area (Å²) in [4.78, 5) is 2.45. The normalized spacial score (nSPS) is 21.7. The predicted molar refractivity (Wildman–Crippen MR) is 68.5 cm³/mol. The van der Waals surface area contributed by atoms with Gasteiger partial charge in [-0.3, -0.25) is 4.90 Å². The average Bonchev–Trinajstić information content (AvgIpc) is 2.33. The fourth-order valence-electron chi connectivity index (χ4n) is 2.39. The quantitative estimate of drug-likeness (QED) is 0.866. The molecule has 0 aliphatic carbocycles. The number of hydrogen-bond acceptors (Lipinski definition) is 2. The number of nitrogens with one attached hydrogen (secondary N) is 1. The lowest BCUT2D eigenvalue weighted by Crippen LogP contribution is -2.49. The smallest absolute Gasteiger partial charge is 0.123 e. The van der Waals surface area contributed by atoms with Crippen LogP contribution in [0.15, 0.2) is 18.2 Å². The van der Waals surface area contributed by atoms with Gasteiger partial charge in [0.25, 0.3) is 0 Å². The summed E-state index contributed by atoms with van der Waals surface area (Å²) < 4.78 is 13.0. The van der Waals surface area contributed by atoms with Crippen LogP contribution in [-0.2, 0) is 6.54 Å². The Balaban J connectivity index is 2.00. The number of nitrogens with zero attached hydrogens (tertiary/aromatic N) is 1. The second-order valence-corrected chi connectivity index (χ2v) is 4.87. The topological polar surface area (TPSA) is 15.3 Å². The molecule has 1 aromatic rings. The average molecular weight is 236 g/mol. The third-order valence-corrected chi connectivity index (χ3v) is 3.53. The van der Waals surface area contributed by atoms with E-state index in [0.29, 0.717) is 6.04 Å². The molecule has 0 bridgehead atoms. The summed E-state index contributed by atoms with van der Waals surface area (Å²) in [7, 11) is 0. The molecule has 1 heterocycles. The third-order valence-electron chi connectivity index (χ3n) is 3.53. The van der Waals surface area contributed by atoms with E-state index in [1.165, 1.54) is 12.0 Å². The summed E-state index contributed by atoms with van der Waals surface area (Å²) in [6, 6.07) is 5.69. The van der Waals surface area contributed by atoms with E-state index in [4.69, 9.17) is 0 Å². The number of benzene rings is 1. The highest BCUT2D eigenvalue weighted by Crippen LogP contribution is 2.14. The maximum Gasteiger partial charge on any atom is 0.123 e. The van der Waals surface area contributed by atoms with Gasteiger partial charge >= 0.3 is 0 Å². The van der Waals surface area contributed by atoms with Crippen molar-refractivity contribution in [1.82, 2.24) is 10.2 Å². The number of hydrogen-bond donors (Lipinski definition) is 1. The molecule has 1 aromatic carbocycles. The van der Waals surface area contributed by atoms with Gasteiger partial charge in [0.1, 0.15) is 5.82 Å². The first-order valence-corrected chi connectivity index (χ1v) is 6.40. The first-order valence-electron chi connectivity index (χ1n) is 6.40. The van der Waals surface area contributed by atoms with E-state index in [1.807, 2.05) is 13.0 Å². The molecule has 1 aliphatic rings. The van der Waals surface area contributed by atoms with E-state index in [-0.39, 0.29) is 5.82 Å². The molecule has 2 rings (SSSR count). The van der Waals surface area contributed by atoms with Gasteiger partial charge in [0.15, 0.2) is 0 Å². The second kappa shape index (κ2) is 5.61. The SMILES string of the molecule is CCC1CN(Cc2ccc(F)cc2C)CCN1. The van der Waals surface area contributed by atoms with Gasteiger partial charge in [-0.15, -0.1) is 0 Å². The first-order chi connectivity index (χ1) is 8.19. The molecule has 1 unspecified atom stereocenters. The molecule has 2 nitrogen and oxygen atoms in total. The van der Waals surface area contributed by atoms with Crippen LogP contribution in [0.3, 0.4) is 0 Å². The zero-order chi connectivity index (χ0) is 12.3. The molecular formula is C14H21FN2. The molecular weight excluding hydrogens is 215 g/mol. The second-order valence-electron chi connectivity index (χ2n) is 4.87. The molecule has 1 atom stereocenters. The standard InChI is InChI=1S/C14H21FN2/c1-3-14-10-17(7-6-16-14)9-12-4-5-13(15)8-11(12)2/h4-5,8,14,16H,3,6-7,9-10H2,1-2H3. The van der Waals surface area contributed by atoms with Crippen molar-refractivity contribution in [1.29, 1.82) is 0 Å². The Morgan fingerprint density at radius 1 is 1.47 bits per heavy atom. The van der Waals surface area contributed by atoms with Gasteiger partial charge in [0.2, 0.25) is 0 Å². The molecule has 1 saturated heterocycles. The van der Waals surface area contributed by atoms with Gasteiger partial charge in [-0.1, -0.05) is 13.0 Å². The van der Waals surface area contributed by atoms with Gasteiger partial charge < -0.3 is 5.32 Å². The number of piperazine rings is 1. The Kier molecular flexibility index (Phi) is 4.13. The van der Waals surface area contributed by atoms with Crippen molar-refractivity contribution in [3.63, 3.8) is 0 Å². The van der Waals surface area contributed by atoms with Crippen LogP contribution < -0.4 is 5.32 Å². The molecule has 0 spiro atoms. The van der Waals surface area contributed by atoms with Crippen LogP contribution >= 0.6 is 0 Å². The van der Waals surface area contributed by atoms with Crippen molar-refractivity contribution in [3.8, 4) is 0 Å². The van der Waals surface area contributed by atoms with E-state index >= 15 is 0 Å². The van der Waals surface area contributed by atoms with Crippen LogP contribution in [0.2, 0.25) is 0 Å². The van der Waals surface area contributed by atoms with Crippen LogP contribution in [0.5, 0.6) is 0 Å². The molecule has 0 saturated carbocycles. The lowest BCUT2D eigenvalue weighted by Gasteiger charge is -2.33. The van der Waals surface area contributed by atoms with Crippen LogP contribution in [0.4, 0.5) is 4.39 Å². The van der Waals surface area contributed by atoms with Crippen molar-refractivity contribution < 1.29 is 4.39 Å². The number of rotatable bonds is 3. The molecule has 0 aromatic heterocycles. The van der Waals surface area contributed by atoms with Crippen molar-refractivity contribution in [3.05, 3.63) is 35.1 Å². The molecule has 17 heavy (non-hydrogen) atoms. The summed E-state index contributed by atoms with van der Waals surface area (Å²) in [5.74, 6) is -0.141. The fraction of sp³-hybridized carbons (Fsp3) is 0.571. The highest BCUT2D eigenvalue weighted by molar-refractivity contribution is 5.26. The van der Waals surface area contributed by atoms with E-state index in [9.17, 15) is 4.39 Å². The summed E-state index contributed by atoms with van der Waals surface area (Å²) in [6.45, 7) is 8.35. The van der Waals surface area contributed by atoms with Crippen molar-refractivity contribution >= 4 is 0 Å². The predicted octanol–water partition coefficient (Wildman–Crippen LogP) is 2.32. The molecule has 3 heteroatoms. The monoisotopic (exact) mass is 236 g/mol. The number of aryl methyl sites for hydroxylation is 1. The van der Waals surface area contributed by atoms with Gasteiger partial charge in [-0.2, -0.15) is 0 Å². The summed E-state index contributed by atoms with van der Waals surface area (Å²) >= 11 is 0. The maximum absolute atomic E-state index is 13.0. The van der Waals surface area contributed by atoms with Crippen LogP contribution in [0.25, 0.3) is 0 Å². The van der Waals surface area contributed by atoms with E-state index < -0.39 is 0 Å². The highest BCUT2D eigenvalue weighted by Gasteiger charge is 2.18. The molecule has 1 fully saturated rings. The first kappa shape index (κ1) is 12.5. The minimum Gasteiger partial charge on any atom is -0.311 e. The van der Waals surface area contributed by atoms with Crippen molar-refractivity contribution in [2.24, 2.45) is 0 Å². The highest BCUT2D eigenvalue weighted by atomic mass is 19.1. The minimum atomic E-state index is -0.141. The molecule has 0 amide bonds. The van der Waals surface area contributed by atoms with Crippen molar-refractivity contribution in [2.45, 2.75) is 32.9 Å². The number of halogens is 1. The lowest BCUT2D eigenvalue weighted by molar-refractivity contribution is 0.189. The maximum atomic E-state index is 13.0. The lowest BCUT2D eigenvalue weighted by atomic mass is 10.1. The minimum absolute atomic E-state index is 0.141. The van der Waals surface area contributed by atoms with Crippen LogP contribution in [0, 0.1) is 12.7 Å². The summed E-state index contributed by atoms with van der Waals surface area (Å²) in [6.07, 6.45) is 1.17. The van der Waals surface area contributed by atoms with Crippen LogP contribution in [0.1, 0.15) is 24.5 Å². The third kappa shape index (κ3) is 3.27. The fourth-order valence-corrected chi connectivity index (χ4v) is 2.39. The van der Waals surface area contributed by atoms with Gasteiger partial charge in [0.05, 0.1) is 0 Å². The van der Waals surface area contributed by atoms with Gasteiger partial charge in [-0.25, -0.2) is 4.39 Å².